The first kappa shape index (κ1) is 40.7. The first-order valence-corrected chi connectivity index (χ1v) is 20.8. The first-order valence-electron chi connectivity index (χ1n) is 20.8. The molecule has 14 heteroatoms. The Morgan fingerprint density at radius 2 is 1.89 bits per heavy atom. The van der Waals surface area contributed by atoms with Gasteiger partial charge in [0.25, 0.3) is 11.8 Å². The third-order valence-electron chi connectivity index (χ3n) is 11.6. The van der Waals surface area contributed by atoms with Gasteiger partial charge in [0.2, 0.25) is 5.91 Å². The maximum absolute atomic E-state index is 13.3. The summed E-state index contributed by atoms with van der Waals surface area (Å²) in [6.45, 7) is 12.2. The second-order valence-electron chi connectivity index (χ2n) is 16.3. The van der Waals surface area contributed by atoms with E-state index in [4.69, 9.17) is 14.2 Å². The molecule has 3 fully saturated rings. The molecular formula is C43H59N7O7. The number of nitrogens with zero attached hydrogens (tertiary/aromatic N) is 5. The molecule has 1 spiro atoms. The molecule has 3 aromatic rings. The lowest BCUT2D eigenvalue weighted by Crippen LogP contribution is -2.58. The number of carbonyl (C=O) groups excluding carboxylic acids is 3. The lowest BCUT2D eigenvalue weighted by molar-refractivity contribution is -0.134. The van der Waals surface area contributed by atoms with Crippen LogP contribution in [0.5, 0.6) is 11.5 Å². The zero-order valence-electron chi connectivity index (χ0n) is 33.5. The van der Waals surface area contributed by atoms with E-state index < -0.39 is 0 Å². The average Bonchev–Trinajstić information content (AvgIpc) is 3.90. The minimum Gasteiger partial charge on any atom is -0.506 e. The highest BCUT2D eigenvalue weighted by Gasteiger charge is 2.41. The van der Waals surface area contributed by atoms with Crippen molar-refractivity contribution in [1.82, 2.24) is 29.8 Å². The first-order chi connectivity index (χ1) is 27.6. The summed E-state index contributed by atoms with van der Waals surface area (Å²) in [5.74, 6) is 1.01. The standard InChI is InChI=1S/C43H59N7O7/c1-31(2)50(21-17-44-16-10-35-8-9-37(51)40-41(35)56-29-38(52)45-40)39(53)13-24-55-23-12-32-4-3-5-34(26-32)27-47-19-14-43(15-20-47)30-48(22-25-57-43)42(54)36-11-18-49(46-36)28-33-6-7-33/h3-5,8-9,11,18,26,31,33,44,51H,6-7,10,12-17,19-25,27-30H2,1-2H3,(H,45,52). The van der Waals surface area contributed by atoms with E-state index in [1.165, 1.54) is 24.0 Å². The van der Waals surface area contributed by atoms with Crippen molar-refractivity contribution >= 4 is 23.4 Å². The number of rotatable bonds is 18. The molecule has 7 rings (SSSR count). The Morgan fingerprint density at radius 3 is 2.70 bits per heavy atom. The molecular weight excluding hydrogens is 727 g/mol. The van der Waals surface area contributed by atoms with Crippen molar-refractivity contribution in [3.05, 3.63) is 71.0 Å². The molecule has 1 saturated carbocycles. The van der Waals surface area contributed by atoms with Crippen LogP contribution in [-0.2, 0) is 45.0 Å². The van der Waals surface area contributed by atoms with E-state index in [1.54, 1.807) is 12.1 Å². The lowest BCUT2D eigenvalue weighted by Gasteiger charge is -2.47. The smallest absolute Gasteiger partial charge is 0.274 e. The van der Waals surface area contributed by atoms with Crippen molar-refractivity contribution in [2.24, 2.45) is 5.92 Å². The third kappa shape index (κ3) is 10.9. The van der Waals surface area contributed by atoms with Gasteiger partial charge in [0, 0.05) is 58.1 Å². The molecule has 57 heavy (non-hydrogen) atoms. The van der Waals surface area contributed by atoms with Crippen LogP contribution in [-0.4, -0.2) is 131 Å². The minimum atomic E-state index is -0.292. The van der Waals surface area contributed by atoms with E-state index in [2.05, 4.69) is 44.9 Å². The van der Waals surface area contributed by atoms with E-state index in [9.17, 15) is 19.5 Å². The Bertz CT molecular complexity index is 1850. The van der Waals surface area contributed by atoms with Crippen LogP contribution in [0.15, 0.2) is 48.7 Å². The summed E-state index contributed by atoms with van der Waals surface area (Å²) in [4.78, 5) is 44.4. The van der Waals surface area contributed by atoms with E-state index in [1.807, 2.05) is 40.6 Å². The van der Waals surface area contributed by atoms with E-state index >= 15 is 0 Å². The average molecular weight is 786 g/mol. The lowest BCUT2D eigenvalue weighted by atomic mass is 9.89. The highest BCUT2D eigenvalue weighted by atomic mass is 16.5. The van der Waals surface area contributed by atoms with E-state index in [-0.39, 0.29) is 41.7 Å². The van der Waals surface area contributed by atoms with Gasteiger partial charge in [-0.3, -0.25) is 24.0 Å². The van der Waals surface area contributed by atoms with Gasteiger partial charge in [-0.15, -0.1) is 0 Å². The highest BCUT2D eigenvalue weighted by molar-refractivity contribution is 5.97. The molecule has 2 aromatic carbocycles. The number of anilines is 1. The van der Waals surface area contributed by atoms with Gasteiger partial charge in [-0.05, 0) is 93.7 Å². The number of ether oxygens (including phenoxy) is 3. The number of aromatic nitrogens is 2. The number of amides is 3. The molecule has 3 amide bonds. The number of carbonyl (C=O) groups is 3. The molecule has 308 valence electrons. The molecule has 2 saturated heterocycles. The second-order valence-corrected chi connectivity index (χ2v) is 16.3. The summed E-state index contributed by atoms with van der Waals surface area (Å²) in [5.41, 5.74) is 3.95. The number of aromatic hydroxyl groups is 1. The van der Waals surface area contributed by atoms with E-state index in [0.717, 1.165) is 51.0 Å². The summed E-state index contributed by atoms with van der Waals surface area (Å²) in [6, 6.07) is 14.0. The quantitative estimate of drug-likeness (QED) is 0.128. The summed E-state index contributed by atoms with van der Waals surface area (Å²) in [6.07, 6.45) is 8.00. The Labute approximate surface area is 335 Å². The maximum atomic E-state index is 13.3. The van der Waals surface area contributed by atoms with Gasteiger partial charge >= 0.3 is 0 Å². The number of hydrogen-bond donors (Lipinski definition) is 3. The van der Waals surface area contributed by atoms with Crippen LogP contribution >= 0.6 is 0 Å². The number of benzene rings is 2. The third-order valence-corrected chi connectivity index (χ3v) is 11.6. The van der Waals surface area contributed by atoms with Crippen LogP contribution in [0.25, 0.3) is 0 Å². The molecule has 4 heterocycles. The van der Waals surface area contributed by atoms with Crippen LogP contribution < -0.4 is 15.4 Å². The molecule has 0 atom stereocenters. The van der Waals surface area contributed by atoms with Gasteiger partial charge < -0.3 is 39.8 Å². The number of fused-ring (bicyclic) bond motifs is 1. The Kier molecular flexibility index (Phi) is 13.4. The van der Waals surface area contributed by atoms with Crippen molar-refractivity contribution < 1.29 is 33.7 Å². The Hall–Kier alpha value is -4.50. The number of piperidine rings is 1. The van der Waals surface area contributed by atoms with Crippen molar-refractivity contribution in [2.45, 2.75) is 83.5 Å². The van der Waals surface area contributed by atoms with Gasteiger partial charge in [0.15, 0.2) is 12.4 Å². The van der Waals surface area contributed by atoms with Crippen LogP contribution in [0.1, 0.15) is 73.1 Å². The topological polar surface area (TPSA) is 151 Å². The van der Waals surface area contributed by atoms with Crippen LogP contribution in [0, 0.1) is 5.92 Å². The van der Waals surface area contributed by atoms with Gasteiger partial charge in [-0.1, -0.05) is 30.3 Å². The fourth-order valence-electron chi connectivity index (χ4n) is 8.11. The maximum Gasteiger partial charge on any atom is 0.274 e. The molecule has 1 aliphatic carbocycles. The van der Waals surface area contributed by atoms with Crippen LogP contribution in [0.2, 0.25) is 0 Å². The Balaban J connectivity index is 0.778. The summed E-state index contributed by atoms with van der Waals surface area (Å²) in [7, 11) is 0. The zero-order valence-corrected chi connectivity index (χ0v) is 33.5. The predicted molar refractivity (Wildman–Crippen MR) is 215 cm³/mol. The second kappa shape index (κ2) is 18.8. The minimum absolute atomic E-state index is 0.0118. The van der Waals surface area contributed by atoms with Crippen LogP contribution in [0.3, 0.4) is 0 Å². The molecule has 3 N–H and O–H groups in total. The molecule has 1 aromatic heterocycles. The zero-order chi connectivity index (χ0) is 39.8. The van der Waals surface area contributed by atoms with Gasteiger partial charge in [0.05, 0.1) is 38.4 Å². The number of phenolic OH excluding ortho intramolecular Hbond substituents is 1. The molecule has 0 bridgehead atoms. The molecule has 14 nitrogen and oxygen atoms in total. The predicted octanol–water partition coefficient (Wildman–Crippen LogP) is 3.86. The number of phenols is 1. The fourth-order valence-corrected chi connectivity index (χ4v) is 8.11. The van der Waals surface area contributed by atoms with Crippen molar-refractivity contribution in [2.75, 3.05) is 77.6 Å². The van der Waals surface area contributed by atoms with Crippen LogP contribution in [0.4, 0.5) is 5.69 Å². The van der Waals surface area contributed by atoms with Crippen molar-refractivity contribution in [3.63, 3.8) is 0 Å². The molecule has 0 radical (unpaired) electrons. The SMILES string of the molecule is CC(C)N(CCNCCc1ccc(O)c2c1OCC(=O)N2)C(=O)CCOCCc1cccc(CN2CCC3(CC2)CN(C(=O)c2ccn(CC4CC4)n2)CCO3)c1. The molecule has 0 unspecified atom stereocenters. The van der Waals surface area contributed by atoms with Gasteiger partial charge in [-0.2, -0.15) is 5.10 Å². The number of likely N-dealkylation sites (tertiary alicyclic amines) is 1. The monoisotopic (exact) mass is 785 g/mol. The summed E-state index contributed by atoms with van der Waals surface area (Å²) in [5, 5.41) is 20.7. The van der Waals surface area contributed by atoms with Gasteiger partial charge in [0.1, 0.15) is 17.1 Å². The Morgan fingerprint density at radius 1 is 1.07 bits per heavy atom. The summed E-state index contributed by atoms with van der Waals surface area (Å²) < 4.78 is 19.8. The number of hydrogen-bond acceptors (Lipinski definition) is 10. The fraction of sp³-hybridized carbons (Fsp3) is 0.581. The number of nitrogens with one attached hydrogen (secondary N) is 2. The van der Waals surface area contributed by atoms with E-state index in [0.29, 0.717) is 88.4 Å². The summed E-state index contributed by atoms with van der Waals surface area (Å²) >= 11 is 0. The van der Waals surface area contributed by atoms with Crippen molar-refractivity contribution in [3.8, 4) is 11.5 Å². The van der Waals surface area contributed by atoms with Gasteiger partial charge in [-0.25, -0.2) is 0 Å². The molecule has 3 aliphatic heterocycles. The highest BCUT2D eigenvalue weighted by Crippen LogP contribution is 2.39. The normalized spacial score (nSPS) is 18.0. The molecule has 4 aliphatic rings. The number of morpholine rings is 1. The van der Waals surface area contributed by atoms with Crippen molar-refractivity contribution in [1.29, 1.82) is 0 Å². The largest absolute Gasteiger partial charge is 0.506 e.